The largest absolute Gasteiger partial charge is 0.312 e. The van der Waals surface area contributed by atoms with E-state index in [2.05, 4.69) is 10.6 Å². The molecule has 0 radical (unpaired) electrons. The van der Waals surface area contributed by atoms with Crippen molar-refractivity contribution in [3.05, 3.63) is 71.8 Å². The summed E-state index contributed by atoms with van der Waals surface area (Å²) in [5, 5.41) is 5.57. The van der Waals surface area contributed by atoms with Gasteiger partial charge in [0.1, 0.15) is 0 Å². The number of carbonyl (C=O) groups is 2. The molecule has 0 unspecified atom stereocenters. The lowest BCUT2D eigenvalue weighted by atomic mass is 10.2. The van der Waals surface area contributed by atoms with Crippen LogP contribution in [0.1, 0.15) is 11.1 Å². The first kappa shape index (κ1) is 16.0. The van der Waals surface area contributed by atoms with Crippen molar-refractivity contribution in [2.24, 2.45) is 0 Å². The number of carbonyl (C=O) groups excluding carboxylic acids is 2. The normalized spacial score (nSPS) is 16.0. The molecular formula is C17H16N2O2S2. The van der Waals surface area contributed by atoms with E-state index >= 15 is 0 Å². The molecule has 0 bridgehead atoms. The Bertz CT molecular complexity index is 631. The van der Waals surface area contributed by atoms with Gasteiger partial charge in [0.25, 0.3) is 0 Å². The topological polar surface area (TPSA) is 58.2 Å². The third-order valence-corrected chi connectivity index (χ3v) is 6.22. The molecule has 2 N–H and O–H groups in total. The fraction of sp³-hybridized carbons (Fsp3) is 0.176. The molecule has 118 valence electrons. The van der Waals surface area contributed by atoms with Crippen molar-refractivity contribution in [2.45, 2.75) is 15.8 Å². The quantitative estimate of drug-likeness (QED) is 0.625. The second-order valence-electron chi connectivity index (χ2n) is 5.07. The van der Waals surface area contributed by atoms with Crippen LogP contribution in [0.15, 0.2) is 60.7 Å². The van der Waals surface area contributed by atoms with E-state index in [0.717, 1.165) is 11.1 Å². The van der Waals surface area contributed by atoms with Gasteiger partial charge in [-0.1, -0.05) is 84.2 Å². The van der Waals surface area contributed by atoms with Crippen LogP contribution in [0.25, 0.3) is 0 Å². The van der Waals surface area contributed by atoms with Crippen LogP contribution in [0, 0.1) is 0 Å². The molecule has 1 fully saturated rings. The van der Waals surface area contributed by atoms with Gasteiger partial charge in [0.2, 0.25) is 4.33 Å². The van der Waals surface area contributed by atoms with Gasteiger partial charge in [-0.3, -0.25) is 9.59 Å². The van der Waals surface area contributed by atoms with Crippen molar-refractivity contribution >= 4 is 35.3 Å². The lowest BCUT2D eigenvalue weighted by Gasteiger charge is -2.27. The summed E-state index contributed by atoms with van der Waals surface area (Å²) in [7, 11) is 0. The van der Waals surface area contributed by atoms with Gasteiger partial charge in [-0.25, -0.2) is 0 Å². The number of hydrogen-bond acceptors (Lipinski definition) is 4. The summed E-state index contributed by atoms with van der Waals surface area (Å²) in [6.45, 7) is 0. The molecule has 4 nitrogen and oxygen atoms in total. The van der Waals surface area contributed by atoms with Crippen LogP contribution >= 0.6 is 23.5 Å². The van der Waals surface area contributed by atoms with Crippen molar-refractivity contribution < 1.29 is 9.59 Å². The number of thioether (sulfide) groups is 2. The second kappa shape index (κ2) is 7.10. The third kappa shape index (κ3) is 4.09. The molecule has 1 saturated heterocycles. The fourth-order valence-electron chi connectivity index (χ4n) is 2.15. The van der Waals surface area contributed by atoms with Crippen LogP contribution < -0.4 is 10.6 Å². The Kier molecular flexibility index (Phi) is 4.93. The zero-order chi connectivity index (χ0) is 16.1. The van der Waals surface area contributed by atoms with E-state index < -0.39 is 16.1 Å². The summed E-state index contributed by atoms with van der Waals surface area (Å²) < 4.78 is -0.820. The van der Waals surface area contributed by atoms with Crippen molar-refractivity contribution in [2.75, 3.05) is 0 Å². The van der Waals surface area contributed by atoms with Crippen LogP contribution in [-0.2, 0) is 21.1 Å². The zero-order valence-electron chi connectivity index (χ0n) is 12.3. The predicted molar refractivity (Wildman–Crippen MR) is 94.5 cm³/mol. The van der Waals surface area contributed by atoms with Crippen LogP contribution in [0.5, 0.6) is 0 Å². The first-order chi connectivity index (χ1) is 11.2. The Labute approximate surface area is 143 Å². The summed E-state index contributed by atoms with van der Waals surface area (Å²) in [5.74, 6) is 0.240. The van der Waals surface area contributed by atoms with Crippen molar-refractivity contribution in [3.63, 3.8) is 0 Å². The van der Waals surface area contributed by atoms with E-state index in [0.29, 0.717) is 11.5 Å². The van der Waals surface area contributed by atoms with Gasteiger partial charge in [0, 0.05) is 11.5 Å². The van der Waals surface area contributed by atoms with Crippen LogP contribution in [0.4, 0.5) is 0 Å². The molecule has 0 aliphatic carbocycles. The number of rotatable bonds is 6. The Morgan fingerprint density at radius 3 is 1.48 bits per heavy atom. The summed E-state index contributed by atoms with van der Waals surface area (Å²) in [6.07, 6.45) is 0. The summed E-state index contributed by atoms with van der Waals surface area (Å²) >= 11 is 3.02. The van der Waals surface area contributed by atoms with Crippen molar-refractivity contribution in [3.8, 4) is 0 Å². The Balaban J connectivity index is 1.70. The van der Waals surface area contributed by atoms with E-state index in [4.69, 9.17) is 0 Å². The molecule has 0 aromatic heterocycles. The number of amides is 2. The van der Waals surface area contributed by atoms with Gasteiger partial charge >= 0.3 is 11.8 Å². The van der Waals surface area contributed by atoms with Crippen LogP contribution in [-0.4, -0.2) is 16.1 Å². The molecule has 23 heavy (non-hydrogen) atoms. The first-order valence-corrected chi connectivity index (χ1v) is 9.14. The van der Waals surface area contributed by atoms with Crippen molar-refractivity contribution in [1.29, 1.82) is 0 Å². The molecule has 2 amide bonds. The number of benzene rings is 2. The minimum atomic E-state index is -0.820. The highest BCUT2D eigenvalue weighted by molar-refractivity contribution is 8.17. The maximum Gasteiger partial charge on any atom is 0.312 e. The standard InChI is InChI=1S/C17H16N2O2S2/c20-15-16(21)19-17(18-15,22-11-13-7-3-1-4-8-13)23-12-14-9-5-2-6-10-14/h1-10H,11-12H2,(H,18,20)(H,19,21). The molecule has 0 saturated carbocycles. The summed E-state index contributed by atoms with van der Waals surface area (Å²) in [5.41, 5.74) is 2.29. The van der Waals surface area contributed by atoms with E-state index in [1.54, 1.807) is 0 Å². The highest BCUT2D eigenvalue weighted by atomic mass is 32.2. The Hall–Kier alpha value is -1.92. The highest BCUT2D eigenvalue weighted by Gasteiger charge is 2.43. The molecule has 0 atom stereocenters. The van der Waals surface area contributed by atoms with Crippen LogP contribution in [0.2, 0.25) is 0 Å². The lowest BCUT2D eigenvalue weighted by Crippen LogP contribution is -2.43. The minimum Gasteiger partial charge on any atom is -0.308 e. The predicted octanol–water partition coefficient (Wildman–Crippen LogP) is 2.71. The Morgan fingerprint density at radius 2 is 1.09 bits per heavy atom. The molecular weight excluding hydrogens is 328 g/mol. The van der Waals surface area contributed by atoms with Gasteiger partial charge in [-0.2, -0.15) is 0 Å². The van der Waals surface area contributed by atoms with E-state index in [-0.39, 0.29) is 0 Å². The summed E-state index contributed by atoms with van der Waals surface area (Å²) in [4.78, 5) is 23.3. The molecule has 3 rings (SSSR count). The minimum absolute atomic E-state index is 0.578. The van der Waals surface area contributed by atoms with E-state index in [1.165, 1.54) is 23.5 Å². The van der Waals surface area contributed by atoms with Gasteiger partial charge in [-0.05, 0) is 11.1 Å². The maximum atomic E-state index is 11.7. The average molecular weight is 344 g/mol. The molecule has 0 spiro atoms. The number of hydrogen-bond donors (Lipinski definition) is 2. The zero-order valence-corrected chi connectivity index (χ0v) is 14.0. The van der Waals surface area contributed by atoms with Gasteiger partial charge < -0.3 is 10.6 Å². The summed E-state index contributed by atoms with van der Waals surface area (Å²) in [6, 6.07) is 20.0. The average Bonchev–Trinajstić information content (AvgIpc) is 2.88. The highest BCUT2D eigenvalue weighted by Crippen LogP contribution is 2.38. The SMILES string of the molecule is O=C1NC(SCc2ccccc2)(SCc2ccccc2)NC1=O. The smallest absolute Gasteiger partial charge is 0.308 e. The maximum absolute atomic E-state index is 11.7. The molecule has 2 aromatic rings. The monoisotopic (exact) mass is 344 g/mol. The first-order valence-electron chi connectivity index (χ1n) is 7.17. The Morgan fingerprint density at radius 1 is 0.696 bits per heavy atom. The second-order valence-corrected chi connectivity index (χ2v) is 7.71. The molecule has 2 aromatic carbocycles. The number of nitrogens with one attached hydrogen (secondary N) is 2. The van der Waals surface area contributed by atoms with E-state index in [9.17, 15) is 9.59 Å². The van der Waals surface area contributed by atoms with Crippen LogP contribution in [0.3, 0.4) is 0 Å². The lowest BCUT2D eigenvalue weighted by molar-refractivity contribution is -0.135. The third-order valence-electron chi connectivity index (χ3n) is 3.33. The molecule has 1 aliphatic heterocycles. The van der Waals surface area contributed by atoms with Gasteiger partial charge in [0.15, 0.2) is 0 Å². The molecule has 1 aliphatic rings. The van der Waals surface area contributed by atoms with E-state index in [1.807, 2.05) is 60.7 Å². The van der Waals surface area contributed by atoms with Gasteiger partial charge in [0.05, 0.1) is 0 Å². The fourth-order valence-corrected chi connectivity index (χ4v) is 4.62. The van der Waals surface area contributed by atoms with Gasteiger partial charge in [-0.15, -0.1) is 0 Å². The molecule has 6 heteroatoms. The molecule has 1 heterocycles. The van der Waals surface area contributed by atoms with Crippen molar-refractivity contribution in [1.82, 2.24) is 10.6 Å².